The second-order valence-corrected chi connectivity index (χ2v) is 19.1. The van der Waals surface area contributed by atoms with Gasteiger partial charge in [-0.1, -0.05) is 141 Å². The summed E-state index contributed by atoms with van der Waals surface area (Å²) < 4.78 is 0. The quantitative estimate of drug-likeness (QED) is 0.0753. The zero-order valence-electron chi connectivity index (χ0n) is 42.3. The van der Waals surface area contributed by atoms with Crippen molar-refractivity contribution in [1.82, 2.24) is 0 Å². The van der Waals surface area contributed by atoms with Gasteiger partial charge in [-0.25, -0.2) is 0 Å². The van der Waals surface area contributed by atoms with E-state index in [9.17, 15) is 9.59 Å². The number of carbonyl (C=O) groups is 2. The third-order valence-electron chi connectivity index (χ3n) is 12.5. The van der Waals surface area contributed by atoms with Crippen molar-refractivity contribution in [3.63, 3.8) is 0 Å². The first kappa shape index (κ1) is 54.8. The molecule has 1 aliphatic carbocycles. The van der Waals surface area contributed by atoms with Gasteiger partial charge in [-0.15, -0.1) is 0 Å². The van der Waals surface area contributed by atoms with Crippen LogP contribution in [0.5, 0.6) is 0 Å². The topological polar surface area (TPSA) is 34.1 Å². The van der Waals surface area contributed by atoms with Crippen LogP contribution in [0.4, 0.5) is 0 Å². The van der Waals surface area contributed by atoms with Gasteiger partial charge in [-0.05, 0) is 205 Å². The summed E-state index contributed by atoms with van der Waals surface area (Å²) in [6.07, 6.45) is 44.7. The van der Waals surface area contributed by atoms with Gasteiger partial charge in [0.15, 0.2) is 11.6 Å². The molecule has 0 saturated carbocycles. The molecule has 0 N–H and O–H groups in total. The van der Waals surface area contributed by atoms with Gasteiger partial charge < -0.3 is 0 Å². The average molecular weight is 853 g/mol. The summed E-state index contributed by atoms with van der Waals surface area (Å²) in [7, 11) is 0. The van der Waals surface area contributed by atoms with Gasteiger partial charge in [0, 0.05) is 22.3 Å². The molecule has 0 aromatic heterocycles. The maximum atomic E-state index is 13.1. The molecule has 0 unspecified atom stereocenters. The van der Waals surface area contributed by atoms with Crippen molar-refractivity contribution in [3.8, 4) is 0 Å². The summed E-state index contributed by atoms with van der Waals surface area (Å²) in [5, 5.41) is 0. The molecule has 63 heavy (non-hydrogen) atoms. The van der Waals surface area contributed by atoms with Crippen molar-refractivity contribution in [2.75, 3.05) is 0 Å². The number of Topliss-reactive ketones (excluding diaryl/α,β-unsaturated/α-hetero) is 2. The molecule has 2 heteroatoms. The van der Waals surface area contributed by atoms with Gasteiger partial charge in [0.1, 0.15) is 0 Å². The molecular formula is C61H88O2. The van der Waals surface area contributed by atoms with Gasteiger partial charge in [-0.2, -0.15) is 0 Å². The van der Waals surface area contributed by atoms with E-state index < -0.39 is 0 Å². The van der Waals surface area contributed by atoms with Crippen molar-refractivity contribution in [2.24, 2.45) is 0 Å². The third kappa shape index (κ3) is 24.4. The van der Waals surface area contributed by atoms with E-state index in [1.807, 2.05) is 12.1 Å². The van der Waals surface area contributed by atoms with Gasteiger partial charge in [-0.3, -0.25) is 9.59 Å². The van der Waals surface area contributed by atoms with E-state index in [4.69, 9.17) is 0 Å². The van der Waals surface area contributed by atoms with E-state index in [1.54, 1.807) is 19.1 Å². The SMILES string of the molecule is CC(C)=CCC/C(C)=C/CC/C(C)=C/CC/C(C)=C\CC/C(C)=C/CC/C(C)=C/CC/C(C)=C/CC/C(C)=C/CC/C(C)=C/CC/C(C)=C/CC1=C(C)C(=O)c2ccccc2C1=O. The van der Waals surface area contributed by atoms with Crippen LogP contribution in [-0.4, -0.2) is 11.6 Å². The lowest BCUT2D eigenvalue weighted by molar-refractivity contribution is 0.0973. The van der Waals surface area contributed by atoms with E-state index in [0.29, 0.717) is 28.7 Å². The minimum Gasteiger partial charge on any atom is -0.289 e. The Morgan fingerprint density at radius 3 is 0.857 bits per heavy atom. The number of hydrogen-bond donors (Lipinski definition) is 0. The second-order valence-electron chi connectivity index (χ2n) is 19.1. The Hall–Kier alpha value is -4.30. The summed E-state index contributed by atoms with van der Waals surface area (Å²) in [6, 6.07) is 7.17. The Morgan fingerprint density at radius 1 is 0.349 bits per heavy atom. The summed E-state index contributed by atoms with van der Waals surface area (Å²) in [6.45, 7) is 26.5. The molecule has 0 heterocycles. The molecule has 0 radical (unpaired) electrons. The minimum atomic E-state index is -0.0232. The van der Waals surface area contributed by atoms with Crippen LogP contribution < -0.4 is 0 Å². The maximum Gasteiger partial charge on any atom is 0.190 e. The van der Waals surface area contributed by atoms with E-state index >= 15 is 0 Å². The molecule has 0 aliphatic heterocycles. The third-order valence-corrected chi connectivity index (χ3v) is 12.5. The molecule has 1 aromatic carbocycles. The standard InChI is InChI=1S/C61H88O2/c1-46(2)24-15-25-47(3)26-16-27-48(4)28-17-29-49(5)30-18-31-50(6)32-19-33-51(7)34-20-35-52(8)36-21-37-53(9)38-22-39-54(10)40-23-41-55(11)44-45-57-56(12)60(62)58-42-13-14-43-59(58)61(57)63/h13-14,24,26,28,30,32,34,36,38,40,42-44H,15-23,25,27,29,31,33,35,37,39,41,45H2,1-12H3/b47-26+,48-28+,49-30-,50-32+,51-34+,52-36+,53-38+,54-40+,55-44+. The van der Waals surface area contributed by atoms with Crippen molar-refractivity contribution in [3.05, 3.63) is 163 Å². The highest BCUT2D eigenvalue weighted by Crippen LogP contribution is 2.29. The minimum absolute atomic E-state index is 0.00877. The van der Waals surface area contributed by atoms with Crippen LogP contribution in [0.3, 0.4) is 0 Å². The molecule has 1 aliphatic rings. The molecule has 0 spiro atoms. The van der Waals surface area contributed by atoms with Crippen LogP contribution in [0.15, 0.2) is 152 Å². The number of fused-ring (bicyclic) bond motifs is 1. The zero-order valence-corrected chi connectivity index (χ0v) is 42.3. The van der Waals surface area contributed by atoms with E-state index in [2.05, 4.69) is 137 Å². The largest absolute Gasteiger partial charge is 0.289 e. The zero-order chi connectivity index (χ0) is 46.6. The van der Waals surface area contributed by atoms with Gasteiger partial charge in [0.05, 0.1) is 0 Å². The lowest BCUT2D eigenvalue weighted by atomic mass is 9.83. The van der Waals surface area contributed by atoms with Crippen LogP contribution in [0.1, 0.15) is 226 Å². The highest BCUT2D eigenvalue weighted by molar-refractivity contribution is 6.26. The molecule has 0 amide bonds. The van der Waals surface area contributed by atoms with Gasteiger partial charge in [0.25, 0.3) is 0 Å². The monoisotopic (exact) mass is 853 g/mol. The van der Waals surface area contributed by atoms with Crippen LogP contribution in [-0.2, 0) is 0 Å². The van der Waals surface area contributed by atoms with E-state index in [-0.39, 0.29) is 11.6 Å². The molecule has 0 saturated heterocycles. The number of benzene rings is 1. The molecule has 0 atom stereocenters. The first-order valence-corrected chi connectivity index (χ1v) is 24.5. The second kappa shape index (κ2) is 31.5. The van der Waals surface area contributed by atoms with Crippen molar-refractivity contribution < 1.29 is 9.59 Å². The molecular weight excluding hydrogens is 765 g/mol. The predicted molar refractivity (Wildman–Crippen MR) is 279 cm³/mol. The van der Waals surface area contributed by atoms with Crippen molar-refractivity contribution >= 4 is 11.6 Å². The Morgan fingerprint density at radius 2 is 0.587 bits per heavy atom. The van der Waals surface area contributed by atoms with Crippen LogP contribution >= 0.6 is 0 Å². The van der Waals surface area contributed by atoms with E-state index in [1.165, 1.54) is 75.0 Å². The molecule has 2 nitrogen and oxygen atoms in total. The fraction of sp³-hybridized carbons (Fsp3) is 0.508. The van der Waals surface area contributed by atoms with Gasteiger partial charge in [0.2, 0.25) is 0 Å². The summed E-state index contributed by atoms with van der Waals surface area (Å²) in [4.78, 5) is 25.8. The van der Waals surface area contributed by atoms with Crippen LogP contribution in [0.2, 0.25) is 0 Å². The highest BCUT2D eigenvalue weighted by atomic mass is 16.1. The Bertz CT molecular complexity index is 1980. The summed E-state index contributed by atoms with van der Waals surface area (Å²) in [5.41, 5.74) is 17.0. The number of hydrogen-bond acceptors (Lipinski definition) is 2. The summed E-state index contributed by atoms with van der Waals surface area (Å²) in [5.74, 6) is -0.0320. The molecule has 1 aromatic rings. The van der Waals surface area contributed by atoms with Crippen LogP contribution in [0.25, 0.3) is 0 Å². The molecule has 2 rings (SSSR count). The van der Waals surface area contributed by atoms with Crippen LogP contribution in [0, 0.1) is 0 Å². The highest BCUT2D eigenvalue weighted by Gasteiger charge is 2.28. The molecule has 344 valence electrons. The first-order chi connectivity index (χ1) is 30.1. The number of carbonyl (C=O) groups excluding carboxylic acids is 2. The lowest BCUT2D eigenvalue weighted by Crippen LogP contribution is -2.20. The Balaban J connectivity index is 1.59. The molecule has 0 bridgehead atoms. The first-order valence-electron chi connectivity index (χ1n) is 24.5. The Labute approximate surface area is 387 Å². The van der Waals surface area contributed by atoms with Crippen molar-refractivity contribution in [2.45, 2.75) is 205 Å². The lowest BCUT2D eigenvalue weighted by Gasteiger charge is -2.18. The van der Waals surface area contributed by atoms with E-state index in [0.717, 1.165) is 96.3 Å². The predicted octanol–water partition coefficient (Wildman–Crippen LogP) is 19.3. The normalized spacial score (nSPS) is 15.5. The maximum absolute atomic E-state index is 13.1. The summed E-state index contributed by atoms with van der Waals surface area (Å²) >= 11 is 0. The average Bonchev–Trinajstić information content (AvgIpc) is 3.22. The molecule has 0 fully saturated rings. The smallest absolute Gasteiger partial charge is 0.190 e. The fourth-order valence-corrected chi connectivity index (χ4v) is 7.95. The van der Waals surface area contributed by atoms with Gasteiger partial charge >= 0.3 is 0 Å². The number of allylic oxidation sites excluding steroid dienone is 22. The fourth-order valence-electron chi connectivity index (χ4n) is 7.95. The Kier molecular flexibility index (Phi) is 27.4. The number of rotatable bonds is 29. The number of ketones is 2. The van der Waals surface area contributed by atoms with Crippen molar-refractivity contribution in [1.29, 1.82) is 0 Å².